The van der Waals surface area contributed by atoms with Gasteiger partial charge in [0.1, 0.15) is 0 Å². The minimum Gasteiger partial charge on any atom is -0.299 e. The fraction of sp³-hybridized carbons (Fsp3) is 0.278. The lowest BCUT2D eigenvalue weighted by molar-refractivity contribution is -0.385. The Kier molecular flexibility index (Phi) is 5.36. The molecule has 1 aliphatic rings. The van der Waals surface area contributed by atoms with Gasteiger partial charge in [0.2, 0.25) is 0 Å². The Morgan fingerprint density at radius 2 is 1.96 bits per heavy atom. The van der Waals surface area contributed by atoms with Gasteiger partial charge in [0.15, 0.2) is 12.5 Å². The monoisotopic (exact) mass is 387 g/mol. The summed E-state index contributed by atoms with van der Waals surface area (Å²) in [6.07, 6.45) is 0.121. The highest BCUT2D eigenvalue weighted by molar-refractivity contribution is 6.30. The fourth-order valence-corrected chi connectivity index (χ4v) is 3.13. The second-order valence-electron chi connectivity index (χ2n) is 6.31. The predicted molar refractivity (Wildman–Crippen MR) is 99.8 cm³/mol. The molecule has 8 nitrogen and oxygen atoms in total. The van der Waals surface area contributed by atoms with Gasteiger partial charge in [-0.1, -0.05) is 40.2 Å². The molecule has 0 amide bonds. The topological polar surface area (TPSA) is 91.4 Å². The van der Waals surface area contributed by atoms with Gasteiger partial charge in [-0.2, -0.15) is 0 Å². The Morgan fingerprint density at radius 1 is 1.26 bits per heavy atom. The van der Waals surface area contributed by atoms with Crippen LogP contribution in [0.15, 0.2) is 52.9 Å². The van der Waals surface area contributed by atoms with Crippen molar-refractivity contribution in [3.05, 3.63) is 74.3 Å². The molecule has 2 unspecified atom stereocenters. The average molecular weight is 388 g/mol. The van der Waals surface area contributed by atoms with E-state index in [1.54, 1.807) is 41.2 Å². The van der Waals surface area contributed by atoms with Gasteiger partial charge in [-0.05, 0) is 43.2 Å². The van der Waals surface area contributed by atoms with Gasteiger partial charge in [-0.25, -0.2) is 10.0 Å². The number of hydrogen-bond donors (Lipinski definition) is 0. The van der Waals surface area contributed by atoms with Gasteiger partial charge in [0.05, 0.1) is 17.5 Å². The van der Waals surface area contributed by atoms with Crippen molar-refractivity contribution >= 4 is 23.6 Å². The van der Waals surface area contributed by atoms with Crippen molar-refractivity contribution in [2.45, 2.75) is 32.6 Å². The van der Waals surface area contributed by atoms with Gasteiger partial charge in [-0.3, -0.25) is 14.9 Å². The number of aldehydes is 1. The van der Waals surface area contributed by atoms with E-state index in [-0.39, 0.29) is 11.7 Å². The van der Waals surface area contributed by atoms with Crippen molar-refractivity contribution in [2.75, 3.05) is 0 Å². The smallest absolute Gasteiger partial charge is 0.272 e. The van der Waals surface area contributed by atoms with E-state index in [1.165, 1.54) is 6.07 Å². The van der Waals surface area contributed by atoms with Crippen LogP contribution < -0.4 is 0 Å². The highest BCUT2D eigenvalue weighted by atomic mass is 35.5. The normalized spacial score (nSPS) is 17.2. The quantitative estimate of drug-likeness (QED) is 0.420. The molecule has 2 aromatic rings. The fourth-order valence-electron chi connectivity index (χ4n) is 3.01. The van der Waals surface area contributed by atoms with Gasteiger partial charge >= 0.3 is 0 Å². The molecule has 0 spiro atoms. The largest absolute Gasteiger partial charge is 0.299 e. The SMILES string of the molecule is Cc1cc(CN2N=NN(C(C)c3ccc(Cl)cc3)C2C=O)ccc1[N+](=O)[O-]. The molecular formula is C18H18ClN5O3. The summed E-state index contributed by atoms with van der Waals surface area (Å²) in [7, 11) is 0. The Balaban J connectivity index is 1.76. The summed E-state index contributed by atoms with van der Waals surface area (Å²) >= 11 is 5.93. The molecule has 0 aromatic heterocycles. The summed E-state index contributed by atoms with van der Waals surface area (Å²) in [6, 6.07) is 12.0. The number of nitrogens with zero attached hydrogens (tertiary/aromatic N) is 5. The molecule has 3 rings (SSSR count). The Labute approximate surface area is 161 Å². The maximum absolute atomic E-state index is 11.7. The predicted octanol–water partition coefficient (Wildman–Crippen LogP) is 4.24. The molecule has 2 aromatic carbocycles. The van der Waals surface area contributed by atoms with Gasteiger partial charge in [0, 0.05) is 16.7 Å². The Morgan fingerprint density at radius 3 is 2.56 bits per heavy atom. The summed E-state index contributed by atoms with van der Waals surface area (Å²) in [5.74, 6) is 0. The van der Waals surface area contributed by atoms with Crippen molar-refractivity contribution in [1.82, 2.24) is 10.0 Å². The standard InChI is InChI=1S/C18H18ClN5O3/c1-12-9-14(3-8-17(12)24(26)27)10-22-18(11-25)23(21-20-22)13(2)15-4-6-16(19)7-5-15/h3-9,11,13,18H,10H2,1-2H3. The van der Waals surface area contributed by atoms with E-state index in [4.69, 9.17) is 11.6 Å². The molecule has 0 saturated carbocycles. The Bertz CT molecular complexity index is 887. The molecule has 0 fully saturated rings. The second kappa shape index (κ2) is 7.71. The van der Waals surface area contributed by atoms with Crippen LogP contribution in [0.4, 0.5) is 5.69 Å². The second-order valence-corrected chi connectivity index (χ2v) is 6.75. The van der Waals surface area contributed by atoms with Gasteiger partial charge < -0.3 is 0 Å². The number of rotatable bonds is 6. The first-order chi connectivity index (χ1) is 12.9. The maximum Gasteiger partial charge on any atom is 0.272 e. The van der Waals surface area contributed by atoms with Gasteiger partial charge in [0.25, 0.3) is 5.69 Å². The third-order valence-corrected chi connectivity index (χ3v) is 4.76. The van der Waals surface area contributed by atoms with Crippen molar-refractivity contribution < 1.29 is 9.72 Å². The van der Waals surface area contributed by atoms with E-state index in [0.29, 0.717) is 17.1 Å². The number of benzene rings is 2. The molecule has 140 valence electrons. The average Bonchev–Trinajstić information content (AvgIpc) is 3.04. The molecule has 2 atom stereocenters. The molecule has 0 radical (unpaired) electrons. The number of nitro groups is 1. The van der Waals surface area contributed by atoms with Crippen LogP contribution in [0.25, 0.3) is 0 Å². The third kappa shape index (κ3) is 3.90. The number of carbonyl (C=O) groups is 1. The molecule has 0 N–H and O–H groups in total. The summed E-state index contributed by atoms with van der Waals surface area (Å²) < 4.78 is 0. The highest BCUT2D eigenvalue weighted by Gasteiger charge is 2.33. The lowest BCUT2D eigenvalue weighted by atomic mass is 10.1. The number of nitro benzene ring substituents is 1. The summed E-state index contributed by atoms with van der Waals surface area (Å²) in [5, 5.41) is 23.0. The number of hydrogen-bond acceptors (Lipinski definition) is 7. The van der Waals surface area contributed by atoms with Crippen LogP contribution in [0.5, 0.6) is 0 Å². The number of carbonyl (C=O) groups excluding carboxylic acids is 1. The van der Waals surface area contributed by atoms with Crippen LogP contribution in [0.2, 0.25) is 5.02 Å². The summed E-state index contributed by atoms with van der Waals surface area (Å²) in [6.45, 7) is 3.92. The highest BCUT2D eigenvalue weighted by Crippen LogP contribution is 2.30. The van der Waals surface area contributed by atoms with Crippen molar-refractivity contribution in [2.24, 2.45) is 10.4 Å². The number of halogens is 1. The van der Waals surface area contributed by atoms with Crippen LogP contribution in [0, 0.1) is 17.0 Å². The molecule has 0 aliphatic carbocycles. The van der Waals surface area contributed by atoms with Crippen molar-refractivity contribution in [3.63, 3.8) is 0 Å². The van der Waals surface area contributed by atoms with Crippen LogP contribution in [-0.4, -0.2) is 27.4 Å². The van der Waals surface area contributed by atoms with Gasteiger partial charge in [-0.15, -0.1) is 0 Å². The summed E-state index contributed by atoms with van der Waals surface area (Å²) in [4.78, 5) is 22.2. The zero-order chi connectivity index (χ0) is 19.6. The minimum atomic E-state index is -0.661. The van der Waals surface area contributed by atoms with Crippen LogP contribution in [0.1, 0.15) is 29.7 Å². The maximum atomic E-state index is 11.7. The molecular weight excluding hydrogens is 370 g/mol. The molecule has 9 heteroatoms. The van der Waals surface area contributed by atoms with Crippen molar-refractivity contribution in [3.8, 4) is 0 Å². The Hall–Kier alpha value is -3.00. The minimum absolute atomic E-state index is 0.0618. The van der Waals surface area contributed by atoms with Crippen LogP contribution >= 0.6 is 11.6 Å². The van der Waals surface area contributed by atoms with E-state index >= 15 is 0 Å². The van der Waals surface area contributed by atoms with E-state index < -0.39 is 11.1 Å². The zero-order valence-corrected chi connectivity index (χ0v) is 15.6. The number of aryl methyl sites for hydroxylation is 1. The lowest BCUT2D eigenvalue weighted by Crippen LogP contribution is -2.40. The van der Waals surface area contributed by atoms with E-state index in [1.807, 2.05) is 19.1 Å². The molecule has 0 bridgehead atoms. The molecule has 0 saturated heterocycles. The van der Waals surface area contributed by atoms with E-state index in [2.05, 4.69) is 10.4 Å². The third-order valence-electron chi connectivity index (χ3n) is 4.51. The first-order valence-corrected chi connectivity index (χ1v) is 8.69. The molecule has 1 heterocycles. The van der Waals surface area contributed by atoms with Crippen LogP contribution in [0.3, 0.4) is 0 Å². The first kappa shape index (κ1) is 18.8. The summed E-state index contributed by atoms with van der Waals surface area (Å²) in [5.41, 5.74) is 2.39. The van der Waals surface area contributed by atoms with E-state index in [0.717, 1.165) is 17.4 Å². The molecule has 1 aliphatic heterocycles. The van der Waals surface area contributed by atoms with Crippen molar-refractivity contribution in [1.29, 1.82) is 0 Å². The lowest BCUT2D eigenvalue weighted by Gasteiger charge is -2.28. The first-order valence-electron chi connectivity index (χ1n) is 8.32. The van der Waals surface area contributed by atoms with E-state index in [9.17, 15) is 14.9 Å². The zero-order valence-electron chi connectivity index (χ0n) is 14.8. The van der Waals surface area contributed by atoms with Crippen LogP contribution in [-0.2, 0) is 11.3 Å². The molecule has 27 heavy (non-hydrogen) atoms.